The lowest BCUT2D eigenvalue weighted by molar-refractivity contribution is -0.296. The number of hydrogen-bond acceptors (Lipinski definition) is 8. The minimum Gasteiger partial charge on any atom is -0.456 e. The van der Waals surface area contributed by atoms with Crippen LogP contribution in [0.4, 0.5) is 0 Å². The number of esters is 2. The molecular formula is C11H18O8. The van der Waals surface area contributed by atoms with E-state index in [4.69, 9.17) is 18.9 Å². The van der Waals surface area contributed by atoms with Crippen molar-refractivity contribution in [2.24, 2.45) is 0 Å². The van der Waals surface area contributed by atoms with Crippen molar-refractivity contribution in [1.82, 2.24) is 0 Å². The molecule has 8 nitrogen and oxygen atoms in total. The molecule has 8 heteroatoms. The second-order valence-electron chi connectivity index (χ2n) is 4.10. The van der Waals surface area contributed by atoms with Crippen LogP contribution in [0.5, 0.6) is 0 Å². The molecule has 0 aromatic carbocycles. The number of ether oxygens (including phenoxy) is 4. The maximum Gasteiger partial charge on any atom is 0.303 e. The standard InChI is InChI=1S/C11H18O8/c1-5(13)17-8-7(4-12)19-11(15)10(16-3)9(8)18-6(2)14/h7-12,15H,4H2,1-3H3/t7-,8+,9+,10-,11?/m1/s1. The summed E-state index contributed by atoms with van der Waals surface area (Å²) in [6, 6.07) is 0. The van der Waals surface area contributed by atoms with E-state index >= 15 is 0 Å². The molecule has 1 aliphatic rings. The number of aliphatic hydroxyl groups excluding tert-OH is 2. The topological polar surface area (TPSA) is 112 Å². The molecule has 0 amide bonds. The number of hydrogen-bond donors (Lipinski definition) is 2. The molecule has 0 saturated carbocycles. The predicted octanol–water partition coefficient (Wildman–Crippen LogP) is -1.43. The lowest BCUT2D eigenvalue weighted by atomic mass is 9.98. The molecule has 0 spiro atoms. The van der Waals surface area contributed by atoms with E-state index in [0.29, 0.717) is 0 Å². The smallest absolute Gasteiger partial charge is 0.303 e. The Bertz CT molecular complexity index is 331. The van der Waals surface area contributed by atoms with Crippen LogP contribution in [-0.2, 0) is 28.5 Å². The molecule has 19 heavy (non-hydrogen) atoms. The third-order valence-corrected chi connectivity index (χ3v) is 2.67. The van der Waals surface area contributed by atoms with Crippen LogP contribution in [0.3, 0.4) is 0 Å². The van der Waals surface area contributed by atoms with Gasteiger partial charge in [0.15, 0.2) is 18.5 Å². The van der Waals surface area contributed by atoms with Crippen LogP contribution >= 0.6 is 0 Å². The summed E-state index contributed by atoms with van der Waals surface area (Å²) in [7, 11) is 1.29. The fourth-order valence-corrected chi connectivity index (χ4v) is 1.95. The van der Waals surface area contributed by atoms with E-state index in [0.717, 1.165) is 0 Å². The first-order valence-electron chi connectivity index (χ1n) is 5.72. The van der Waals surface area contributed by atoms with Crippen LogP contribution in [0, 0.1) is 0 Å². The first-order valence-corrected chi connectivity index (χ1v) is 5.72. The van der Waals surface area contributed by atoms with Crippen molar-refractivity contribution in [3.63, 3.8) is 0 Å². The summed E-state index contributed by atoms with van der Waals surface area (Å²) in [5.74, 6) is -1.26. The molecular weight excluding hydrogens is 260 g/mol. The summed E-state index contributed by atoms with van der Waals surface area (Å²) in [5, 5.41) is 18.9. The Kier molecular flexibility index (Phi) is 5.67. The summed E-state index contributed by atoms with van der Waals surface area (Å²) < 4.78 is 20.1. The highest BCUT2D eigenvalue weighted by molar-refractivity contribution is 5.67. The normalized spacial score (nSPS) is 34.7. The highest BCUT2D eigenvalue weighted by atomic mass is 16.7. The highest BCUT2D eigenvalue weighted by Crippen LogP contribution is 2.26. The third-order valence-electron chi connectivity index (χ3n) is 2.67. The summed E-state index contributed by atoms with van der Waals surface area (Å²) in [6.07, 6.45) is -5.55. The molecule has 1 unspecified atom stereocenters. The van der Waals surface area contributed by atoms with Gasteiger partial charge in [0, 0.05) is 21.0 Å². The second kappa shape index (κ2) is 6.80. The molecule has 1 fully saturated rings. The van der Waals surface area contributed by atoms with Gasteiger partial charge in [0.1, 0.15) is 12.2 Å². The van der Waals surface area contributed by atoms with Gasteiger partial charge in [0.25, 0.3) is 0 Å². The van der Waals surface area contributed by atoms with Crippen LogP contribution in [0.25, 0.3) is 0 Å². The Labute approximate surface area is 110 Å². The fraction of sp³-hybridized carbons (Fsp3) is 0.818. The van der Waals surface area contributed by atoms with E-state index in [1.54, 1.807) is 0 Å². The summed E-state index contributed by atoms with van der Waals surface area (Å²) >= 11 is 0. The van der Waals surface area contributed by atoms with E-state index < -0.39 is 49.3 Å². The minimum atomic E-state index is -1.40. The molecule has 1 saturated heterocycles. The number of methoxy groups -OCH3 is 1. The van der Waals surface area contributed by atoms with Crippen LogP contribution in [0.15, 0.2) is 0 Å². The number of rotatable bonds is 4. The molecule has 0 radical (unpaired) electrons. The average Bonchev–Trinajstić information content (AvgIpc) is 2.31. The van der Waals surface area contributed by atoms with Crippen molar-refractivity contribution in [1.29, 1.82) is 0 Å². The summed E-state index contributed by atoms with van der Waals surface area (Å²) in [6.45, 7) is 1.84. The van der Waals surface area contributed by atoms with E-state index in [2.05, 4.69) is 0 Å². The molecule has 0 aromatic heterocycles. The monoisotopic (exact) mass is 278 g/mol. The van der Waals surface area contributed by atoms with Crippen molar-refractivity contribution in [2.75, 3.05) is 13.7 Å². The fourth-order valence-electron chi connectivity index (χ4n) is 1.95. The zero-order chi connectivity index (χ0) is 14.6. The molecule has 2 N–H and O–H groups in total. The van der Waals surface area contributed by atoms with E-state index in [9.17, 15) is 19.8 Å². The predicted molar refractivity (Wildman–Crippen MR) is 59.9 cm³/mol. The largest absolute Gasteiger partial charge is 0.456 e. The number of aliphatic hydroxyl groups is 2. The Morgan fingerprint density at radius 1 is 1.11 bits per heavy atom. The Morgan fingerprint density at radius 3 is 2.05 bits per heavy atom. The molecule has 0 bridgehead atoms. The van der Waals surface area contributed by atoms with E-state index in [1.807, 2.05) is 0 Å². The first-order chi connectivity index (χ1) is 8.90. The molecule has 110 valence electrons. The quantitative estimate of drug-likeness (QED) is 0.602. The third kappa shape index (κ3) is 3.87. The molecule has 1 heterocycles. The zero-order valence-electron chi connectivity index (χ0n) is 10.9. The van der Waals surface area contributed by atoms with Crippen LogP contribution < -0.4 is 0 Å². The Balaban J connectivity index is 2.99. The first kappa shape index (κ1) is 15.8. The van der Waals surface area contributed by atoms with Crippen LogP contribution in [0.2, 0.25) is 0 Å². The number of carbonyl (C=O) groups excluding carboxylic acids is 2. The molecule has 1 aliphatic heterocycles. The van der Waals surface area contributed by atoms with Crippen molar-refractivity contribution in [3.05, 3.63) is 0 Å². The zero-order valence-corrected chi connectivity index (χ0v) is 10.9. The maximum absolute atomic E-state index is 11.1. The van der Waals surface area contributed by atoms with Crippen molar-refractivity contribution in [3.8, 4) is 0 Å². The van der Waals surface area contributed by atoms with Gasteiger partial charge in [0.05, 0.1) is 6.61 Å². The molecule has 0 aliphatic carbocycles. The van der Waals surface area contributed by atoms with Gasteiger partial charge in [0.2, 0.25) is 0 Å². The summed E-state index contributed by atoms with van der Waals surface area (Å²) in [4.78, 5) is 22.2. The van der Waals surface area contributed by atoms with Crippen molar-refractivity contribution >= 4 is 11.9 Å². The molecule has 1 rings (SSSR count). The van der Waals surface area contributed by atoms with Gasteiger partial charge in [-0.25, -0.2) is 0 Å². The van der Waals surface area contributed by atoms with Gasteiger partial charge in [-0.1, -0.05) is 0 Å². The van der Waals surface area contributed by atoms with Gasteiger partial charge in [-0.15, -0.1) is 0 Å². The van der Waals surface area contributed by atoms with Crippen LogP contribution in [0.1, 0.15) is 13.8 Å². The van der Waals surface area contributed by atoms with Gasteiger partial charge >= 0.3 is 11.9 Å². The van der Waals surface area contributed by atoms with Gasteiger partial charge in [-0.3, -0.25) is 9.59 Å². The lowest BCUT2D eigenvalue weighted by Crippen LogP contribution is -2.61. The number of carbonyl (C=O) groups is 2. The summed E-state index contributed by atoms with van der Waals surface area (Å²) in [5.41, 5.74) is 0. The lowest BCUT2D eigenvalue weighted by Gasteiger charge is -2.42. The average molecular weight is 278 g/mol. The Morgan fingerprint density at radius 2 is 1.63 bits per heavy atom. The SMILES string of the molecule is CO[C@H]1C(O)O[C@H](CO)[C@H](OC(C)=O)[C@@H]1OC(C)=O. The van der Waals surface area contributed by atoms with E-state index in [1.165, 1.54) is 21.0 Å². The van der Waals surface area contributed by atoms with Crippen LogP contribution in [-0.4, -0.2) is 66.6 Å². The Hall–Kier alpha value is -1.22. The highest BCUT2D eigenvalue weighted by Gasteiger charge is 2.49. The maximum atomic E-state index is 11.1. The molecule has 0 aromatic rings. The molecule has 5 atom stereocenters. The van der Waals surface area contributed by atoms with Crippen molar-refractivity contribution < 1.29 is 38.7 Å². The van der Waals surface area contributed by atoms with Gasteiger partial charge in [-0.2, -0.15) is 0 Å². The van der Waals surface area contributed by atoms with Crippen molar-refractivity contribution in [2.45, 2.75) is 44.6 Å². The van der Waals surface area contributed by atoms with E-state index in [-0.39, 0.29) is 0 Å². The van der Waals surface area contributed by atoms with Gasteiger partial charge in [-0.05, 0) is 0 Å². The second-order valence-corrected chi connectivity index (χ2v) is 4.10. The van der Waals surface area contributed by atoms with Gasteiger partial charge < -0.3 is 29.2 Å². The minimum absolute atomic E-state index is 0.511.